The Bertz CT molecular complexity index is 388. The molecular weight excluding hydrogens is 184 g/mol. The minimum absolute atomic E-state index is 0.937. The van der Waals surface area contributed by atoms with Crippen molar-refractivity contribution in [2.24, 2.45) is 0 Å². The first-order valence-electron chi connectivity index (χ1n) is 5.52. The highest BCUT2D eigenvalue weighted by Gasteiger charge is 2.00. The SMILES string of the molecule is CCc1cccc(OC2=CCCC=C2)c1. The molecule has 0 unspecified atom stereocenters. The molecule has 0 radical (unpaired) electrons. The lowest BCUT2D eigenvalue weighted by atomic mass is 10.1. The molecule has 0 aromatic heterocycles. The molecule has 1 aliphatic carbocycles. The number of hydrogen-bond acceptors (Lipinski definition) is 1. The Morgan fingerprint density at radius 3 is 2.93 bits per heavy atom. The molecule has 0 saturated carbocycles. The van der Waals surface area contributed by atoms with Crippen molar-refractivity contribution in [3.05, 3.63) is 53.8 Å². The smallest absolute Gasteiger partial charge is 0.127 e. The first kappa shape index (κ1) is 10.0. The zero-order chi connectivity index (χ0) is 10.5. The summed E-state index contributed by atoms with van der Waals surface area (Å²) in [6.07, 6.45) is 9.59. The van der Waals surface area contributed by atoms with Crippen LogP contribution in [0.15, 0.2) is 48.3 Å². The first-order valence-corrected chi connectivity index (χ1v) is 5.52. The van der Waals surface area contributed by atoms with Gasteiger partial charge >= 0.3 is 0 Å². The standard InChI is InChI=1S/C14H16O/c1-2-12-7-6-10-14(11-12)15-13-8-4-3-5-9-13/h4,6-11H,2-3,5H2,1H3. The van der Waals surface area contributed by atoms with Crippen LogP contribution in [-0.4, -0.2) is 0 Å². The maximum Gasteiger partial charge on any atom is 0.127 e. The van der Waals surface area contributed by atoms with Gasteiger partial charge in [0, 0.05) is 0 Å². The summed E-state index contributed by atoms with van der Waals surface area (Å²) < 4.78 is 5.77. The van der Waals surface area contributed by atoms with Gasteiger partial charge in [0.1, 0.15) is 11.5 Å². The molecule has 1 aliphatic rings. The van der Waals surface area contributed by atoms with E-state index in [1.54, 1.807) is 0 Å². The molecule has 1 nitrogen and oxygen atoms in total. The molecule has 0 bridgehead atoms. The third-order valence-corrected chi connectivity index (χ3v) is 2.50. The summed E-state index contributed by atoms with van der Waals surface area (Å²) in [5, 5.41) is 0. The normalized spacial score (nSPS) is 14.9. The van der Waals surface area contributed by atoms with Gasteiger partial charge in [0.15, 0.2) is 0 Å². The molecule has 1 aromatic carbocycles. The van der Waals surface area contributed by atoms with Crippen molar-refractivity contribution in [3.63, 3.8) is 0 Å². The molecular formula is C14H16O. The van der Waals surface area contributed by atoms with Gasteiger partial charge in [-0.3, -0.25) is 0 Å². The summed E-state index contributed by atoms with van der Waals surface area (Å²) in [5.41, 5.74) is 1.31. The molecule has 0 saturated heterocycles. The van der Waals surface area contributed by atoms with E-state index < -0.39 is 0 Å². The Hall–Kier alpha value is -1.50. The quantitative estimate of drug-likeness (QED) is 0.719. The Balaban J connectivity index is 2.10. The highest BCUT2D eigenvalue weighted by atomic mass is 16.5. The van der Waals surface area contributed by atoms with E-state index in [9.17, 15) is 0 Å². The number of hydrogen-bond donors (Lipinski definition) is 0. The van der Waals surface area contributed by atoms with Crippen LogP contribution in [-0.2, 0) is 6.42 Å². The Morgan fingerprint density at radius 2 is 2.20 bits per heavy atom. The van der Waals surface area contributed by atoms with E-state index in [2.05, 4.69) is 31.2 Å². The van der Waals surface area contributed by atoms with Gasteiger partial charge in [-0.2, -0.15) is 0 Å². The number of ether oxygens (including phenoxy) is 1. The molecule has 15 heavy (non-hydrogen) atoms. The van der Waals surface area contributed by atoms with E-state index in [0.717, 1.165) is 30.8 Å². The van der Waals surface area contributed by atoms with Crippen molar-refractivity contribution in [2.75, 3.05) is 0 Å². The van der Waals surface area contributed by atoms with Crippen LogP contribution < -0.4 is 4.74 Å². The second kappa shape index (κ2) is 4.83. The summed E-state index contributed by atoms with van der Waals surface area (Å²) in [5.74, 6) is 1.90. The molecule has 78 valence electrons. The fourth-order valence-corrected chi connectivity index (χ4v) is 1.63. The van der Waals surface area contributed by atoms with Crippen LogP contribution >= 0.6 is 0 Å². The Morgan fingerprint density at radius 1 is 1.27 bits per heavy atom. The van der Waals surface area contributed by atoms with Gasteiger partial charge in [-0.1, -0.05) is 25.1 Å². The van der Waals surface area contributed by atoms with Crippen molar-refractivity contribution in [3.8, 4) is 5.75 Å². The molecule has 0 amide bonds. The molecule has 0 aliphatic heterocycles. The number of benzene rings is 1. The van der Waals surface area contributed by atoms with E-state index in [1.165, 1.54) is 5.56 Å². The van der Waals surface area contributed by atoms with Crippen LogP contribution in [0.3, 0.4) is 0 Å². The highest BCUT2D eigenvalue weighted by molar-refractivity contribution is 5.31. The lowest BCUT2D eigenvalue weighted by Crippen LogP contribution is -1.95. The predicted octanol–water partition coefficient (Wildman–Crippen LogP) is 3.86. The van der Waals surface area contributed by atoms with Crippen LogP contribution in [0.5, 0.6) is 5.75 Å². The van der Waals surface area contributed by atoms with Crippen molar-refractivity contribution >= 4 is 0 Å². The van der Waals surface area contributed by atoms with E-state index >= 15 is 0 Å². The van der Waals surface area contributed by atoms with E-state index in [1.807, 2.05) is 18.2 Å². The third kappa shape index (κ3) is 2.72. The van der Waals surface area contributed by atoms with Gasteiger partial charge in [0.25, 0.3) is 0 Å². The molecule has 0 atom stereocenters. The van der Waals surface area contributed by atoms with Gasteiger partial charge < -0.3 is 4.74 Å². The van der Waals surface area contributed by atoms with Crippen LogP contribution in [0.4, 0.5) is 0 Å². The van der Waals surface area contributed by atoms with Crippen LogP contribution in [0.25, 0.3) is 0 Å². The number of allylic oxidation sites excluding steroid dienone is 3. The largest absolute Gasteiger partial charge is 0.458 e. The summed E-state index contributed by atoms with van der Waals surface area (Å²) in [7, 11) is 0. The molecule has 1 heteroatoms. The van der Waals surface area contributed by atoms with E-state index in [-0.39, 0.29) is 0 Å². The topological polar surface area (TPSA) is 9.23 Å². The van der Waals surface area contributed by atoms with E-state index in [0.29, 0.717) is 0 Å². The molecule has 2 rings (SSSR count). The first-order chi connectivity index (χ1) is 7.38. The average molecular weight is 200 g/mol. The molecule has 0 spiro atoms. The fraction of sp³-hybridized carbons (Fsp3) is 0.286. The van der Waals surface area contributed by atoms with Gasteiger partial charge in [0.2, 0.25) is 0 Å². The maximum atomic E-state index is 5.77. The summed E-state index contributed by atoms with van der Waals surface area (Å²) >= 11 is 0. The van der Waals surface area contributed by atoms with Crippen molar-refractivity contribution < 1.29 is 4.74 Å². The predicted molar refractivity (Wildman–Crippen MR) is 62.9 cm³/mol. The average Bonchev–Trinajstić information content (AvgIpc) is 2.31. The molecule has 0 fully saturated rings. The molecule has 0 heterocycles. The van der Waals surface area contributed by atoms with Gasteiger partial charge in [-0.15, -0.1) is 0 Å². The number of rotatable bonds is 3. The van der Waals surface area contributed by atoms with Gasteiger partial charge in [0.05, 0.1) is 0 Å². The Kier molecular flexibility index (Phi) is 3.23. The highest BCUT2D eigenvalue weighted by Crippen LogP contribution is 2.19. The van der Waals surface area contributed by atoms with E-state index in [4.69, 9.17) is 4.74 Å². The number of aryl methyl sites for hydroxylation is 1. The zero-order valence-electron chi connectivity index (χ0n) is 9.07. The Labute approximate surface area is 91.1 Å². The lowest BCUT2D eigenvalue weighted by molar-refractivity contribution is 0.438. The van der Waals surface area contributed by atoms with Crippen LogP contribution in [0.2, 0.25) is 0 Å². The zero-order valence-corrected chi connectivity index (χ0v) is 9.07. The van der Waals surface area contributed by atoms with Crippen molar-refractivity contribution in [2.45, 2.75) is 26.2 Å². The fourth-order valence-electron chi connectivity index (χ4n) is 1.63. The second-order valence-electron chi connectivity index (χ2n) is 3.69. The molecule has 0 N–H and O–H groups in total. The van der Waals surface area contributed by atoms with Gasteiger partial charge in [-0.25, -0.2) is 0 Å². The van der Waals surface area contributed by atoms with Crippen LogP contribution in [0.1, 0.15) is 25.3 Å². The summed E-state index contributed by atoms with van der Waals surface area (Å²) in [6, 6.07) is 8.27. The summed E-state index contributed by atoms with van der Waals surface area (Å²) in [6.45, 7) is 2.15. The minimum Gasteiger partial charge on any atom is -0.458 e. The second-order valence-corrected chi connectivity index (χ2v) is 3.69. The molecule has 1 aromatic rings. The minimum atomic E-state index is 0.937. The lowest BCUT2D eigenvalue weighted by Gasteiger charge is -2.10. The van der Waals surface area contributed by atoms with Crippen molar-refractivity contribution in [1.82, 2.24) is 0 Å². The summed E-state index contributed by atoms with van der Waals surface area (Å²) in [4.78, 5) is 0. The van der Waals surface area contributed by atoms with Gasteiger partial charge in [-0.05, 0) is 49.1 Å². The maximum absolute atomic E-state index is 5.77. The van der Waals surface area contributed by atoms with Crippen molar-refractivity contribution in [1.29, 1.82) is 0 Å². The van der Waals surface area contributed by atoms with Crippen LogP contribution in [0, 0.1) is 0 Å². The monoisotopic (exact) mass is 200 g/mol. The third-order valence-electron chi connectivity index (χ3n) is 2.50.